The summed E-state index contributed by atoms with van der Waals surface area (Å²) in [6.45, 7) is 11.7. The molecule has 0 saturated heterocycles. The van der Waals surface area contributed by atoms with Gasteiger partial charge in [-0.2, -0.15) is 0 Å². The molecule has 0 spiro atoms. The molecule has 0 saturated carbocycles. The van der Waals surface area contributed by atoms with Crippen LogP contribution in [-0.4, -0.2) is 8.07 Å². The molecule has 0 N–H and O–H groups in total. The number of fused-ring (bicyclic) bond motifs is 1. The van der Waals surface area contributed by atoms with Crippen molar-refractivity contribution in [3.05, 3.63) is 65.6 Å². The molecule has 2 aromatic rings. The van der Waals surface area contributed by atoms with E-state index in [1.807, 2.05) is 0 Å². The zero-order valence-electron chi connectivity index (χ0n) is 14.3. The van der Waals surface area contributed by atoms with E-state index in [4.69, 9.17) is 0 Å². The molecule has 0 aliphatic heterocycles. The Balaban J connectivity index is 2.03. The Morgan fingerprint density at radius 1 is 0.864 bits per heavy atom. The number of rotatable bonds is 3. The van der Waals surface area contributed by atoms with Gasteiger partial charge in [0, 0.05) is 6.42 Å². The molecule has 0 fully saturated rings. The first-order valence-electron chi connectivity index (χ1n) is 8.16. The fourth-order valence-electron chi connectivity index (χ4n) is 2.99. The van der Waals surface area contributed by atoms with Crippen LogP contribution in [0.4, 0.5) is 0 Å². The highest BCUT2D eigenvalue weighted by Gasteiger charge is 2.19. The highest BCUT2D eigenvalue weighted by Crippen LogP contribution is 2.37. The zero-order valence-corrected chi connectivity index (χ0v) is 15.3. The van der Waals surface area contributed by atoms with Gasteiger partial charge >= 0.3 is 0 Å². The molecule has 1 radical (unpaired) electrons. The lowest BCUT2D eigenvalue weighted by molar-refractivity contribution is 0.789. The normalized spacial score (nSPS) is 14.2. The van der Waals surface area contributed by atoms with E-state index in [1.165, 1.54) is 33.0 Å². The van der Waals surface area contributed by atoms with Crippen LogP contribution in [0.15, 0.2) is 48.0 Å². The third-order valence-electron chi connectivity index (χ3n) is 4.50. The van der Waals surface area contributed by atoms with Gasteiger partial charge in [-0.1, -0.05) is 92.8 Å². The standard InChI is InChI=1S/C21H25Si/c1-15(2)18-13-17-7-6-8-20(21(17)14-18)16-9-11-19(12-10-16)22(3,4)5/h6-15H,1-5H3. The fraction of sp³-hybridized carbons (Fsp3) is 0.286. The van der Waals surface area contributed by atoms with Gasteiger partial charge in [0.25, 0.3) is 0 Å². The summed E-state index contributed by atoms with van der Waals surface area (Å²) in [5.74, 6) is 0.578. The summed E-state index contributed by atoms with van der Waals surface area (Å²) >= 11 is 0. The first kappa shape index (κ1) is 15.3. The van der Waals surface area contributed by atoms with Crippen LogP contribution >= 0.6 is 0 Å². The summed E-state index contributed by atoms with van der Waals surface area (Å²) < 4.78 is 0. The second kappa shape index (κ2) is 5.55. The van der Waals surface area contributed by atoms with Crippen molar-refractivity contribution in [1.29, 1.82) is 0 Å². The van der Waals surface area contributed by atoms with Crippen LogP contribution in [0.3, 0.4) is 0 Å². The minimum atomic E-state index is -1.22. The maximum Gasteiger partial charge on any atom is 0.0775 e. The molecule has 0 aromatic heterocycles. The first-order chi connectivity index (χ1) is 10.4. The van der Waals surface area contributed by atoms with E-state index in [0.29, 0.717) is 5.92 Å². The third kappa shape index (κ3) is 2.82. The molecule has 0 bridgehead atoms. The predicted molar refractivity (Wildman–Crippen MR) is 101 cm³/mol. The summed E-state index contributed by atoms with van der Waals surface area (Å²) in [5.41, 5.74) is 6.85. The lowest BCUT2D eigenvalue weighted by atomic mass is 9.97. The second-order valence-corrected chi connectivity index (χ2v) is 12.7. The molecule has 1 aliphatic rings. The third-order valence-corrected chi connectivity index (χ3v) is 6.57. The summed E-state index contributed by atoms with van der Waals surface area (Å²) in [6.07, 6.45) is 4.70. The van der Waals surface area contributed by atoms with E-state index in [9.17, 15) is 0 Å². The largest absolute Gasteiger partial charge is 0.0775 e. The van der Waals surface area contributed by atoms with Gasteiger partial charge in [-0.05, 0) is 28.2 Å². The van der Waals surface area contributed by atoms with Gasteiger partial charge in [0.05, 0.1) is 8.07 Å². The highest BCUT2D eigenvalue weighted by molar-refractivity contribution is 6.88. The van der Waals surface area contributed by atoms with Gasteiger partial charge in [0.1, 0.15) is 0 Å². The monoisotopic (exact) mass is 305 g/mol. The highest BCUT2D eigenvalue weighted by atomic mass is 28.3. The quantitative estimate of drug-likeness (QED) is 0.656. The molecule has 3 rings (SSSR count). The molecular formula is C21H25Si. The van der Waals surface area contributed by atoms with E-state index >= 15 is 0 Å². The van der Waals surface area contributed by atoms with Crippen LogP contribution in [0.1, 0.15) is 25.0 Å². The molecular weight excluding hydrogens is 280 g/mol. The lowest BCUT2D eigenvalue weighted by Gasteiger charge is -2.17. The molecule has 0 heterocycles. The fourth-order valence-corrected chi connectivity index (χ4v) is 4.16. The number of allylic oxidation sites excluding steroid dienone is 1. The molecule has 113 valence electrons. The van der Waals surface area contributed by atoms with Crippen LogP contribution in [0.25, 0.3) is 17.2 Å². The number of hydrogen-bond donors (Lipinski definition) is 0. The van der Waals surface area contributed by atoms with E-state index in [0.717, 1.165) is 0 Å². The van der Waals surface area contributed by atoms with Crippen LogP contribution < -0.4 is 5.19 Å². The molecule has 2 aromatic carbocycles. The average Bonchev–Trinajstić information content (AvgIpc) is 2.90. The first-order valence-corrected chi connectivity index (χ1v) is 11.7. The average molecular weight is 306 g/mol. The van der Waals surface area contributed by atoms with Gasteiger partial charge in [0.15, 0.2) is 0 Å². The second-order valence-electron chi connectivity index (χ2n) is 7.58. The van der Waals surface area contributed by atoms with Crippen LogP contribution in [0, 0.1) is 12.3 Å². The van der Waals surface area contributed by atoms with Crippen molar-refractivity contribution in [2.45, 2.75) is 33.5 Å². The Morgan fingerprint density at radius 3 is 2.14 bits per heavy atom. The van der Waals surface area contributed by atoms with E-state index < -0.39 is 8.07 Å². The van der Waals surface area contributed by atoms with Crippen molar-refractivity contribution in [1.82, 2.24) is 0 Å². The molecule has 0 nitrogen and oxygen atoms in total. The molecule has 0 amide bonds. The molecule has 1 heteroatoms. The predicted octanol–water partition coefficient (Wildman–Crippen LogP) is 5.50. The smallest absolute Gasteiger partial charge is 0.0656 e. The SMILES string of the molecule is CC(C)C1=Cc2c(cccc2-c2ccc([Si](C)(C)C)cc2)[CH]1. The van der Waals surface area contributed by atoms with Crippen molar-refractivity contribution in [3.8, 4) is 11.1 Å². The van der Waals surface area contributed by atoms with E-state index in [-0.39, 0.29) is 0 Å². The summed E-state index contributed by atoms with van der Waals surface area (Å²) in [4.78, 5) is 0. The zero-order chi connectivity index (χ0) is 15.9. The van der Waals surface area contributed by atoms with Crippen molar-refractivity contribution in [2.75, 3.05) is 0 Å². The molecule has 22 heavy (non-hydrogen) atoms. The molecule has 0 unspecified atom stereocenters. The van der Waals surface area contributed by atoms with Gasteiger partial charge < -0.3 is 0 Å². The number of hydrogen-bond acceptors (Lipinski definition) is 0. The van der Waals surface area contributed by atoms with Crippen LogP contribution in [-0.2, 0) is 0 Å². The Morgan fingerprint density at radius 2 is 1.55 bits per heavy atom. The van der Waals surface area contributed by atoms with Crippen LogP contribution in [0.5, 0.6) is 0 Å². The Labute approximate surface area is 135 Å². The lowest BCUT2D eigenvalue weighted by Crippen LogP contribution is -2.37. The van der Waals surface area contributed by atoms with Gasteiger partial charge in [-0.3, -0.25) is 0 Å². The maximum atomic E-state index is 2.40. The summed E-state index contributed by atoms with van der Waals surface area (Å²) in [6, 6.07) is 15.9. The van der Waals surface area contributed by atoms with Gasteiger partial charge in [-0.25, -0.2) is 0 Å². The van der Waals surface area contributed by atoms with Crippen molar-refractivity contribution in [3.63, 3.8) is 0 Å². The Bertz CT molecular complexity index is 713. The van der Waals surface area contributed by atoms with Crippen molar-refractivity contribution >= 4 is 19.3 Å². The van der Waals surface area contributed by atoms with E-state index in [2.05, 4.69) is 88.4 Å². The van der Waals surface area contributed by atoms with Crippen molar-refractivity contribution < 1.29 is 0 Å². The summed E-state index contributed by atoms with van der Waals surface area (Å²) in [5, 5.41) is 1.52. The molecule has 0 atom stereocenters. The topological polar surface area (TPSA) is 0 Å². The maximum absolute atomic E-state index is 2.40. The minimum Gasteiger partial charge on any atom is -0.0656 e. The number of benzene rings is 2. The Hall–Kier alpha value is -1.60. The summed E-state index contributed by atoms with van der Waals surface area (Å²) in [7, 11) is -1.22. The molecule has 1 aliphatic carbocycles. The van der Waals surface area contributed by atoms with Gasteiger partial charge in [-0.15, -0.1) is 0 Å². The van der Waals surface area contributed by atoms with Gasteiger partial charge in [0.2, 0.25) is 0 Å². The Kier molecular flexibility index (Phi) is 3.86. The van der Waals surface area contributed by atoms with Crippen molar-refractivity contribution in [2.24, 2.45) is 5.92 Å². The van der Waals surface area contributed by atoms with E-state index in [1.54, 1.807) is 0 Å². The van der Waals surface area contributed by atoms with Crippen LogP contribution in [0.2, 0.25) is 19.6 Å². The minimum absolute atomic E-state index is 0.578.